The van der Waals surface area contributed by atoms with Crippen LogP contribution in [-0.2, 0) is 14.4 Å². The monoisotopic (exact) mass is 405 g/mol. The lowest BCUT2D eigenvalue weighted by molar-refractivity contribution is -0.460. The zero-order valence-electron chi connectivity index (χ0n) is 17.7. The van der Waals surface area contributed by atoms with Gasteiger partial charge in [0, 0.05) is 23.7 Å². The molecule has 0 radical (unpaired) electrons. The Morgan fingerprint density at radius 1 is 0.933 bits per heavy atom. The molecule has 0 amide bonds. The van der Waals surface area contributed by atoms with Crippen LogP contribution in [0.1, 0.15) is 62.0 Å². The molecule has 4 aliphatic rings. The largest absolute Gasteiger partial charge is 0.347 e. The van der Waals surface area contributed by atoms with E-state index in [4.69, 9.17) is 14.4 Å². The zero-order valence-corrected chi connectivity index (χ0v) is 17.7. The number of benzene rings is 2. The van der Waals surface area contributed by atoms with Gasteiger partial charge in [0.05, 0.1) is 18.2 Å². The lowest BCUT2D eigenvalue weighted by Crippen LogP contribution is -2.55. The van der Waals surface area contributed by atoms with E-state index in [2.05, 4.69) is 67.6 Å². The number of nitrogens with zero attached hydrogens (tertiary/aromatic N) is 1. The Kier molecular flexibility index (Phi) is 4.72. The quantitative estimate of drug-likeness (QED) is 0.679. The van der Waals surface area contributed by atoms with E-state index in [0.29, 0.717) is 23.7 Å². The van der Waals surface area contributed by atoms with E-state index in [1.807, 2.05) is 5.23 Å². The van der Waals surface area contributed by atoms with Gasteiger partial charge in [0.1, 0.15) is 0 Å². The third kappa shape index (κ3) is 2.89. The van der Waals surface area contributed by atoms with Gasteiger partial charge in [-0.15, -0.1) is 0 Å². The van der Waals surface area contributed by atoms with Crippen LogP contribution in [0.3, 0.4) is 0 Å². The molecule has 2 bridgehead atoms. The van der Waals surface area contributed by atoms with E-state index in [0.717, 1.165) is 19.4 Å². The van der Waals surface area contributed by atoms with Crippen molar-refractivity contribution in [3.63, 3.8) is 0 Å². The van der Waals surface area contributed by atoms with Crippen molar-refractivity contribution in [2.75, 3.05) is 6.61 Å². The summed E-state index contributed by atoms with van der Waals surface area (Å²) in [4.78, 5) is 12.4. The summed E-state index contributed by atoms with van der Waals surface area (Å²) in [5.74, 6) is 1.66. The predicted molar refractivity (Wildman–Crippen MR) is 114 cm³/mol. The lowest BCUT2D eigenvalue weighted by atomic mass is 9.76. The van der Waals surface area contributed by atoms with E-state index in [1.54, 1.807) is 0 Å². The molecule has 4 heteroatoms. The predicted octanol–water partition coefficient (Wildman–Crippen LogP) is 5.43. The second kappa shape index (κ2) is 7.45. The van der Waals surface area contributed by atoms with Crippen LogP contribution in [0.15, 0.2) is 60.7 Å². The fourth-order valence-electron chi connectivity index (χ4n) is 6.66. The Balaban J connectivity index is 1.30. The van der Waals surface area contributed by atoms with Crippen LogP contribution in [-0.4, -0.2) is 29.8 Å². The Hall–Kier alpha value is -1.72. The maximum Gasteiger partial charge on any atom is 0.184 e. The highest BCUT2D eigenvalue weighted by molar-refractivity contribution is 5.30. The highest BCUT2D eigenvalue weighted by Gasteiger charge is 2.67. The molecule has 2 aliphatic heterocycles. The Morgan fingerprint density at radius 3 is 2.40 bits per heavy atom. The molecule has 0 aromatic heterocycles. The Labute approximate surface area is 179 Å². The van der Waals surface area contributed by atoms with Crippen LogP contribution >= 0.6 is 0 Å². The van der Waals surface area contributed by atoms with Crippen molar-refractivity contribution in [2.45, 2.75) is 68.8 Å². The van der Waals surface area contributed by atoms with Crippen LogP contribution in [0, 0.1) is 11.8 Å². The average Bonchev–Trinajstić information content (AvgIpc) is 3.23. The van der Waals surface area contributed by atoms with Gasteiger partial charge in [-0.3, -0.25) is 4.84 Å². The summed E-state index contributed by atoms with van der Waals surface area (Å²) in [6.45, 7) is 3.06. The van der Waals surface area contributed by atoms with Crippen molar-refractivity contribution in [3.8, 4) is 0 Å². The minimum Gasteiger partial charge on any atom is -0.347 e. The third-order valence-electron chi connectivity index (χ3n) is 8.17. The Bertz CT molecular complexity index is 874. The second-order valence-electron chi connectivity index (χ2n) is 9.71. The smallest absolute Gasteiger partial charge is 0.184 e. The molecule has 7 atom stereocenters. The summed E-state index contributed by atoms with van der Waals surface area (Å²) in [5.41, 5.74) is 2.66. The van der Waals surface area contributed by atoms with Gasteiger partial charge >= 0.3 is 0 Å². The summed E-state index contributed by atoms with van der Waals surface area (Å²) in [6.07, 6.45) is 5.85. The van der Waals surface area contributed by atoms with Gasteiger partial charge in [-0.2, -0.15) is 0 Å². The van der Waals surface area contributed by atoms with Gasteiger partial charge < -0.3 is 4.74 Å². The highest BCUT2D eigenvalue weighted by Crippen LogP contribution is 2.61. The van der Waals surface area contributed by atoms with E-state index in [9.17, 15) is 0 Å². The molecule has 4 fully saturated rings. The molecule has 158 valence electrons. The average molecular weight is 406 g/mol. The topological polar surface area (TPSA) is 30.9 Å². The molecule has 2 aromatic carbocycles. The summed E-state index contributed by atoms with van der Waals surface area (Å²) in [6, 6.07) is 21.8. The van der Waals surface area contributed by atoms with Crippen molar-refractivity contribution in [1.82, 2.24) is 5.23 Å². The second-order valence-corrected chi connectivity index (χ2v) is 9.71. The molecule has 2 saturated heterocycles. The van der Waals surface area contributed by atoms with Crippen LogP contribution in [0.4, 0.5) is 0 Å². The summed E-state index contributed by atoms with van der Waals surface area (Å²) in [7, 11) is 0. The number of hydroxylamine groups is 2. The molecule has 2 aromatic rings. The molecule has 2 heterocycles. The number of ether oxygens (including phenoxy) is 1. The Morgan fingerprint density at radius 2 is 1.63 bits per heavy atom. The molecular weight excluding hydrogens is 374 g/mol. The number of hydrogen-bond donors (Lipinski definition) is 0. The van der Waals surface area contributed by atoms with Gasteiger partial charge in [0.2, 0.25) is 0 Å². The standard InChI is InChI=1S/C26H31NO3/c1-26-20-16-22(24(26)19-12-6-3-7-13-19)25(30-27(26)28-17-20)29-23-15-9-8-14-21(23)18-10-4-2-5-11-18/h2-7,10-13,20-25H,8-9,14-17H2,1H3/t20-,21-,22-,23+,24-,25-,26+/m0/s1. The van der Waals surface area contributed by atoms with Crippen LogP contribution in [0.2, 0.25) is 0 Å². The molecule has 0 spiro atoms. The number of rotatable bonds is 4. The van der Waals surface area contributed by atoms with Crippen LogP contribution in [0.5, 0.6) is 0 Å². The molecule has 30 heavy (non-hydrogen) atoms. The van der Waals surface area contributed by atoms with Gasteiger partial charge in [0.15, 0.2) is 6.29 Å². The molecule has 0 N–H and O–H groups in total. The molecule has 6 rings (SSSR count). The van der Waals surface area contributed by atoms with E-state index >= 15 is 0 Å². The first kappa shape index (κ1) is 19.0. The third-order valence-corrected chi connectivity index (χ3v) is 8.17. The maximum absolute atomic E-state index is 6.83. The minimum atomic E-state index is -0.247. The van der Waals surface area contributed by atoms with Crippen molar-refractivity contribution in [2.24, 2.45) is 11.8 Å². The first-order valence-corrected chi connectivity index (χ1v) is 11.6. The molecule has 2 saturated carbocycles. The summed E-state index contributed by atoms with van der Waals surface area (Å²) >= 11 is 0. The van der Waals surface area contributed by atoms with Crippen LogP contribution < -0.4 is 0 Å². The van der Waals surface area contributed by atoms with Gasteiger partial charge in [-0.1, -0.05) is 78.7 Å². The normalized spacial score (nSPS) is 40.6. The van der Waals surface area contributed by atoms with Crippen molar-refractivity contribution >= 4 is 0 Å². The fourth-order valence-corrected chi connectivity index (χ4v) is 6.66. The van der Waals surface area contributed by atoms with Crippen molar-refractivity contribution in [3.05, 3.63) is 71.8 Å². The first-order chi connectivity index (χ1) is 14.7. The fraction of sp³-hybridized carbons (Fsp3) is 0.538. The SMILES string of the molecule is C[C@]12[C@@H]3CON1O[C@H](O[C@@H]1CCCC[C@H]1c1ccccc1)[C@@H](C3)[C@@H]2c1ccccc1. The van der Waals surface area contributed by atoms with Gasteiger partial charge in [-0.05, 0) is 37.3 Å². The number of fused-ring (bicyclic) bond motifs is 1. The van der Waals surface area contributed by atoms with E-state index in [-0.39, 0.29) is 17.9 Å². The molecular formula is C26H31NO3. The lowest BCUT2D eigenvalue weighted by Gasteiger charge is -2.47. The minimum absolute atomic E-state index is 0.114. The maximum atomic E-state index is 6.83. The molecule has 2 aliphatic carbocycles. The van der Waals surface area contributed by atoms with Crippen molar-refractivity contribution in [1.29, 1.82) is 0 Å². The molecule has 4 nitrogen and oxygen atoms in total. The molecule has 0 unspecified atom stereocenters. The van der Waals surface area contributed by atoms with Crippen molar-refractivity contribution < 1.29 is 14.4 Å². The van der Waals surface area contributed by atoms with E-state index in [1.165, 1.54) is 30.4 Å². The first-order valence-electron chi connectivity index (χ1n) is 11.6. The summed E-state index contributed by atoms with van der Waals surface area (Å²) in [5, 5.41) is 1.81. The number of hydrogen-bond acceptors (Lipinski definition) is 4. The highest BCUT2D eigenvalue weighted by atomic mass is 17.0. The van der Waals surface area contributed by atoms with Gasteiger partial charge in [0.25, 0.3) is 0 Å². The van der Waals surface area contributed by atoms with Gasteiger partial charge in [-0.25, -0.2) is 4.84 Å². The van der Waals surface area contributed by atoms with E-state index < -0.39 is 0 Å². The van der Waals surface area contributed by atoms with Crippen LogP contribution in [0.25, 0.3) is 0 Å². The summed E-state index contributed by atoms with van der Waals surface area (Å²) < 4.78 is 6.83. The zero-order chi connectivity index (χ0) is 20.1.